The first kappa shape index (κ1) is 28.2. The molecule has 4 heterocycles. The summed E-state index contributed by atoms with van der Waals surface area (Å²) in [5, 5.41) is 16.8. The molecule has 4 amide bonds. The first-order valence-electron chi connectivity index (χ1n) is 14.6. The van der Waals surface area contributed by atoms with Gasteiger partial charge in [-0.1, -0.05) is 48.5 Å². The number of carbonyl (C=O) groups is 3. The van der Waals surface area contributed by atoms with Crippen LogP contribution in [0.1, 0.15) is 25.8 Å². The number of amides is 4. The number of nitrogens with one attached hydrogen (secondary N) is 3. The highest BCUT2D eigenvalue weighted by Gasteiger charge is 2.49. The molecule has 3 N–H and O–H groups in total. The van der Waals surface area contributed by atoms with Gasteiger partial charge in [-0.05, 0) is 50.1 Å². The van der Waals surface area contributed by atoms with Crippen molar-refractivity contribution in [3.63, 3.8) is 0 Å². The minimum atomic E-state index is -0.839. The number of urea groups is 1. The maximum Gasteiger partial charge on any atom is 0.320 e. The van der Waals surface area contributed by atoms with Crippen LogP contribution < -0.4 is 25.9 Å². The van der Waals surface area contributed by atoms with Crippen LogP contribution >= 0.6 is 0 Å². The number of anilines is 3. The molecule has 12 heteroatoms. The number of hydrogen-bond donors (Lipinski definition) is 3. The van der Waals surface area contributed by atoms with E-state index < -0.39 is 5.92 Å². The number of rotatable bonds is 8. The van der Waals surface area contributed by atoms with Crippen molar-refractivity contribution in [3.8, 4) is 0 Å². The Labute approximate surface area is 249 Å². The molecule has 0 saturated carbocycles. The summed E-state index contributed by atoms with van der Waals surface area (Å²) in [6.07, 6.45) is 2.39. The zero-order valence-corrected chi connectivity index (χ0v) is 24.2. The van der Waals surface area contributed by atoms with Gasteiger partial charge in [-0.2, -0.15) is 0 Å². The van der Waals surface area contributed by atoms with Gasteiger partial charge in [0.05, 0.1) is 11.9 Å². The van der Waals surface area contributed by atoms with E-state index in [1.54, 1.807) is 15.7 Å². The summed E-state index contributed by atoms with van der Waals surface area (Å²) in [7, 11) is 0. The monoisotopic (exact) mass is 581 g/mol. The summed E-state index contributed by atoms with van der Waals surface area (Å²) in [6.45, 7) is 6.07. The van der Waals surface area contributed by atoms with Crippen LogP contribution in [0.25, 0.3) is 5.65 Å². The average Bonchev–Trinajstić information content (AvgIpc) is 3.69. The number of aromatic nitrogens is 3. The second-order valence-corrected chi connectivity index (χ2v) is 10.8. The van der Waals surface area contributed by atoms with Crippen molar-refractivity contribution in [1.82, 2.24) is 30.2 Å². The Hall–Kier alpha value is -4.97. The Bertz CT molecular complexity index is 1610. The largest absolute Gasteiger partial charge is 0.353 e. The topological polar surface area (TPSA) is 127 Å². The van der Waals surface area contributed by atoms with Crippen LogP contribution in [0.15, 0.2) is 79.0 Å². The SMILES string of the molecule is CCNC(=O)Nc1cn2nc(N3CC[C@H](NC(=O)C4C(=O)N(c5ccccc5)N(Cc5ccccc5)C4C)C3)ccc2n1. The minimum absolute atomic E-state index is 0.129. The van der Waals surface area contributed by atoms with Gasteiger partial charge in [0.1, 0.15) is 11.7 Å². The molecule has 12 nitrogen and oxygen atoms in total. The maximum absolute atomic E-state index is 13.8. The summed E-state index contributed by atoms with van der Waals surface area (Å²) in [4.78, 5) is 45.8. The second-order valence-electron chi connectivity index (χ2n) is 10.8. The molecule has 2 aromatic heterocycles. The smallest absolute Gasteiger partial charge is 0.320 e. The summed E-state index contributed by atoms with van der Waals surface area (Å²) in [5.74, 6) is -0.190. The van der Waals surface area contributed by atoms with Gasteiger partial charge in [0, 0.05) is 38.3 Å². The fraction of sp³-hybridized carbons (Fsp3) is 0.323. The molecule has 3 atom stereocenters. The van der Waals surface area contributed by atoms with Gasteiger partial charge in [-0.15, -0.1) is 5.10 Å². The number of hydrogen-bond acceptors (Lipinski definition) is 7. The molecular formula is C31H35N9O3. The lowest BCUT2D eigenvalue weighted by atomic mass is 10.00. The van der Waals surface area contributed by atoms with Crippen molar-refractivity contribution in [1.29, 1.82) is 0 Å². The lowest BCUT2D eigenvalue weighted by Crippen LogP contribution is -2.45. The van der Waals surface area contributed by atoms with Crippen LogP contribution in [-0.4, -0.2) is 69.2 Å². The van der Waals surface area contributed by atoms with Crippen molar-refractivity contribution in [3.05, 3.63) is 84.6 Å². The molecule has 2 fully saturated rings. The van der Waals surface area contributed by atoms with E-state index in [0.29, 0.717) is 37.6 Å². The van der Waals surface area contributed by atoms with Crippen molar-refractivity contribution in [2.45, 2.75) is 38.9 Å². The fourth-order valence-corrected chi connectivity index (χ4v) is 5.78. The molecule has 0 bridgehead atoms. The molecule has 222 valence electrons. The third-order valence-corrected chi connectivity index (χ3v) is 7.90. The van der Waals surface area contributed by atoms with Gasteiger partial charge in [-0.3, -0.25) is 14.9 Å². The summed E-state index contributed by atoms with van der Waals surface area (Å²) in [6, 6.07) is 22.4. The Kier molecular flexibility index (Phi) is 7.93. The molecular weight excluding hydrogens is 546 g/mol. The lowest BCUT2D eigenvalue weighted by Gasteiger charge is -2.30. The van der Waals surface area contributed by atoms with E-state index in [1.807, 2.05) is 91.7 Å². The number of hydrazine groups is 1. The van der Waals surface area contributed by atoms with Crippen LogP contribution in [-0.2, 0) is 16.1 Å². The van der Waals surface area contributed by atoms with Crippen molar-refractivity contribution in [2.75, 3.05) is 34.9 Å². The van der Waals surface area contributed by atoms with Crippen LogP contribution in [0, 0.1) is 5.92 Å². The first-order valence-corrected chi connectivity index (χ1v) is 14.6. The van der Waals surface area contributed by atoms with Crippen LogP contribution in [0.4, 0.5) is 22.1 Å². The summed E-state index contributed by atoms with van der Waals surface area (Å²) < 4.78 is 1.63. The van der Waals surface area contributed by atoms with E-state index in [9.17, 15) is 14.4 Å². The zero-order chi connectivity index (χ0) is 29.9. The number of para-hydroxylation sites is 1. The highest BCUT2D eigenvalue weighted by atomic mass is 16.2. The predicted octanol–water partition coefficient (Wildman–Crippen LogP) is 3.03. The van der Waals surface area contributed by atoms with Gasteiger partial charge in [0.25, 0.3) is 5.91 Å². The van der Waals surface area contributed by atoms with Crippen LogP contribution in [0.5, 0.6) is 0 Å². The number of imidazole rings is 1. The van der Waals surface area contributed by atoms with E-state index in [2.05, 4.69) is 30.9 Å². The van der Waals surface area contributed by atoms with Gasteiger partial charge in [0.15, 0.2) is 11.5 Å². The number of nitrogens with zero attached hydrogens (tertiary/aromatic N) is 6. The molecule has 0 radical (unpaired) electrons. The highest BCUT2D eigenvalue weighted by Crippen LogP contribution is 2.33. The number of carbonyl (C=O) groups excluding carboxylic acids is 3. The number of benzene rings is 2. The third-order valence-electron chi connectivity index (χ3n) is 7.90. The predicted molar refractivity (Wildman–Crippen MR) is 163 cm³/mol. The van der Waals surface area contributed by atoms with Crippen LogP contribution in [0.2, 0.25) is 0 Å². The lowest BCUT2D eigenvalue weighted by molar-refractivity contribution is -0.132. The fourth-order valence-electron chi connectivity index (χ4n) is 5.78. The molecule has 6 rings (SSSR count). The molecule has 2 unspecified atom stereocenters. The molecule has 43 heavy (non-hydrogen) atoms. The first-order chi connectivity index (χ1) is 20.9. The van der Waals surface area contributed by atoms with Crippen molar-refractivity contribution >= 4 is 40.8 Å². The zero-order valence-electron chi connectivity index (χ0n) is 24.2. The molecule has 0 aliphatic carbocycles. The standard InChI is InChI=1S/C31H35N9O3/c1-3-32-31(43)35-25-20-38-26(34-25)14-15-27(36-38)37-17-16-23(19-37)33-29(41)28-21(2)39(18-22-10-6-4-7-11-22)40(30(28)42)24-12-8-5-9-13-24/h4-15,20-21,23,28H,3,16-19H2,1-2H3,(H,33,41)(H2,32,35,43)/t21?,23-,28?/m0/s1. The second kappa shape index (κ2) is 12.1. The minimum Gasteiger partial charge on any atom is -0.353 e. The highest BCUT2D eigenvalue weighted by molar-refractivity contribution is 6.09. The Balaban J connectivity index is 1.14. The Morgan fingerprint density at radius 1 is 1.00 bits per heavy atom. The molecule has 2 aromatic carbocycles. The van der Waals surface area contributed by atoms with E-state index in [0.717, 1.165) is 23.5 Å². The van der Waals surface area contributed by atoms with Gasteiger partial charge in [-0.25, -0.2) is 24.3 Å². The quantitative estimate of drug-likeness (QED) is 0.273. The molecule has 0 spiro atoms. The molecule has 4 aromatic rings. The molecule has 2 aliphatic rings. The average molecular weight is 582 g/mol. The van der Waals surface area contributed by atoms with E-state index >= 15 is 0 Å². The summed E-state index contributed by atoms with van der Waals surface area (Å²) in [5.41, 5.74) is 2.41. The Morgan fingerprint density at radius 2 is 1.74 bits per heavy atom. The van der Waals surface area contributed by atoms with E-state index in [4.69, 9.17) is 0 Å². The Morgan fingerprint density at radius 3 is 2.49 bits per heavy atom. The van der Waals surface area contributed by atoms with Gasteiger partial charge >= 0.3 is 6.03 Å². The van der Waals surface area contributed by atoms with Crippen molar-refractivity contribution < 1.29 is 14.4 Å². The maximum atomic E-state index is 13.8. The third kappa shape index (κ3) is 5.86. The van der Waals surface area contributed by atoms with Gasteiger partial charge < -0.3 is 15.5 Å². The van der Waals surface area contributed by atoms with Crippen LogP contribution in [0.3, 0.4) is 0 Å². The van der Waals surface area contributed by atoms with E-state index in [-0.39, 0.29) is 29.9 Å². The normalized spacial score (nSPS) is 20.5. The molecule has 2 aliphatic heterocycles. The van der Waals surface area contributed by atoms with E-state index in [1.165, 1.54) is 0 Å². The summed E-state index contributed by atoms with van der Waals surface area (Å²) >= 11 is 0. The van der Waals surface area contributed by atoms with Gasteiger partial charge in [0.2, 0.25) is 5.91 Å². The number of fused-ring (bicyclic) bond motifs is 1. The van der Waals surface area contributed by atoms with Crippen molar-refractivity contribution in [2.24, 2.45) is 5.92 Å². The molecule has 2 saturated heterocycles.